The number of anilines is 1. The third kappa shape index (κ3) is 5.88. The number of aliphatic hydroxyl groups excluding tert-OH is 1. The highest BCUT2D eigenvalue weighted by Crippen LogP contribution is 2.40. The molecule has 0 radical (unpaired) electrons. The Hall–Kier alpha value is -2.64. The molecule has 0 saturated carbocycles. The van der Waals surface area contributed by atoms with Crippen molar-refractivity contribution in [3.05, 3.63) is 94.3 Å². The van der Waals surface area contributed by atoms with E-state index in [2.05, 4.69) is 10.6 Å². The molecule has 3 N–H and O–H groups in total. The second-order valence-corrected chi connectivity index (χ2v) is 9.11. The van der Waals surface area contributed by atoms with Gasteiger partial charge in [-0.25, -0.2) is 4.39 Å². The molecule has 8 heteroatoms. The SMILES string of the molecule is CC1(C)Oc2cc(Cl)ccc2C(NCCc2ccc(NC(=O)c3ccc(F)cc3)cc2)C1O.Cl. The highest BCUT2D eigenvalue weighted by atomic mass is 35.5. The van der Waals surface area contributed by atoms with Gasteiger partial charge < -0.3 is 20.5 Å². The van der Waals surface area contributed by atoms with Crippen LogP contribution in [0.1, 0.15) is 41.4 Å². The van der Waals surface area contributed by atoms with Crippen LogP contribution in [0.4, 0.5) is 10.1 Å². The molecule has 5 nitrogen and oxygen atoms in total. The summed E-state index contributed by atoms with van der Waals surface area (Å²) in [6.45, 7) is 4.35. The van der Waals surface area contributed by atoms with Crippen molar-refractivity contribution in [3.63, 3.8) is 0 Å². The van der Waals surface area contributed by atoms with E-state index in [-0.39, 0.29) is 30.2 Å². The first-order valence-electron chi connectivity index (χ1n) is 10.8. The normalized spacial score (nSPS) is 18.3. The van der Waals surface area contributed by atoms with Gasteiger partial charge in [-0.05, 0) is 80.9 Å². The molecule has 1 aliphatic rings. The van der Waals surface area contributed by atoms with E-state index in [1.54, 1.807) is 12.1 Å². The number of carbonyl (C=O) groups is 1. The van der Waals surface area contributed by atoms with Gasteiger partial charge in [0, 0.05) is 21.8 Å². The molecule has 1 aliphatic heterocycles. The van der Waals surface area contributed by atoms with Crippen LogP contribution in [0.5, 0.6) is 5.75 Å². The van der Waals surface area contributed by atoms with E-state index in [4.69, 9.17) is 16.3 Å². The first-order chi connectivity index (χ1) is 15.7. The number of carbonyl (C=O) groups excluding carboxylic acids is 1. The molecule has 0 aromatic heterocycles. The molecular weight excluding hydrogens is 478 g/mol. The number of aliphatic hydroxyl groups is 1. The Kier molecular flexibility index (Phi) is 8.21. The largest absolute Gasteiger partial charge is 0.485 e. The number of hydrogen-bond acceptors (Lipinski definition) is 4. The fourth-order valence-corrected chi connectivity index (χ4v) is 4.08. The smallest absolute Gasteiger partial charge is 0.255 e. The number of rotatable bonds is 6. The summed E-state index contributed by atoms with van der Waals surface area (Å²) in [5.74, 6) is 0.00415. The molecule has 0 saturated heterocycles. The number of halogens is 3. The van der Waals surface area contributed by atoms with Crippen molar-refractivity contribution in [2.24, 2.45) is 0 Å². The topological polar surface area (TPSA) is 70.6 Å². The van der Waals surface area contributed by atoms with E-state index in [1.165, 1.54) is 24.3 Å². The highest BCUT2D eigenvalue weighted by molar-refractivity contribution is 6.30. The summed E-state index contributed by atoms with van der Waals surface area (Å²) >= 11 is 6.12. The number of benzene rings is 3. The lowest BCUT2D eigenvalue weighted by atomic mass is 9.86. The standard InChI is InChI=1S/C26H26ClFN2O3.ClH/c1-26(2)24(31)23(21-12-7-18(27)15-22(21)33-26)29-14-13-16-3-10-20(11-4-16)30-25(32)17-5-8-19(28)9-6-17;/h3-12,15,23-24,29,31H,13-14H2,1-2H3,(H,30,32);1H. The summed E-state index contributed by atoms with van der Waals surface area (Å²) in [5, 5.41) is 17.7. The molecule has 0 bridgehead atoms. The number of ether oxygens (including phenoxy) is 1. The zero-order valence-electron chi connectivity index (χ0n) is 18.8. The quantitative estimate of drug-likeness (QED) is 0.411. The molecule has 34 heavy (non-hydrogen) atoms. The van der Waals surface area contributed by atoms with Gasteiger partial charge in [-0.2, -0.15) is 0 Å². The van der Waals surface area contributed by atoms with Gasteiger partial charge in [0.1, 0.15) is 23.3 Å². The summed E-state index contributed by atoms with van der Waals surface area (Å²) < 4.78 is 19.0. The average Bonchev–Trinajstić information content (AvgIpc) is 2.77. The van der Waals surface area contributed by atoms with Gasteiger partial charge in [0.15, 0.2) is 0 Å². The molecule has 2 unspecified atom stereocenters. The molecule has 1 amide bonds. The zero-order valence-corrected chi connectivity index (χ0v) is 20.4. The molecule has 3 aromatic rings. The Morgan fingerprint density at radius 3 is 2.44 bits per heavy atom. The third-order valence-electron chi connectivity index (χ3n) is 5.81. The summed E-state index contributed by atoms with van der Waals surface area (Å²) in [4.78, 5) is 12.3. The lowest BCUT2D eigenvalue weighted by molar-refractivity contribution is -0.0643. The monoisotopic (exact) mass is 504 g/mol. The van der Waals surface area contributed by atoms with E-state index in [1.807, 2.05) is 44.2 Å². The van der Waals surface area contributed by atoms with Crippen molar-refractivity contribution < 1.29 is 19.0 Å². The fraction of sp³-hybridized carbons (Fsp3) is 0.269. The summed E-state index contributed by atoms with van der Waals surface area (Å²) in [6.07, 6.45) is 0.00909. The van der Waals surface area contributed by atoms with Crippen LogP contribution >= 0.6 is 24.0 Å². The Morgan fingerprint density at radius 1 is 1.09 bits per heavy atom. The predicted molar refractivity (Wildman–Crippen MR) is 135 cm³/mol. The van der Waals surface area contributed by atoms with Crippen LogP contribution in [0.15, 0.2) is 66.7 Å². The van der Waals surface area contributed by atoms with Crippen molar-refractivity contribution in [2.45, 2.75) is 38.0 Å². The summed E-state index contributed by atoms with van der Waals surface area (Å²) in [7, 11) is 0. The van der Waals surface area contributed by atoms with Gasteiger partial charge in [0.05, 0.1) is 6.04 Å². The van der Waals surface area contributed by atoms with Gasteiger partial charge >= 0.3 is 0 Å². The van der Waals surface area contributed by atoms with E-state index in [0.29, 0.717) is 28.6 Å². The number of amides is 1. The van der Waals surface area contributed by atoms with Crippen molar-refractivity contribution in [3.8, 4) is 5.75 Å². The van der Waals surface area contributed by atoms with Crippen molar-refractivity contribution in [1.82, 2.24) is 5.32 Å². The van der Waals surface area contributed by atoms with Crippen LogP contribution in [0.25, 0.3) is 0 Å². The minimum Gasteiger partial charge on any atom is -0.485 e. The Balaban J connectivity index is 0.00000324. The molecule has 4 rings (SSSR count). The van der Waals surface area contributed by atoms with E-state index in [0.717, 1.165) is 17.5 Å². The first-order valence-corrected chi connectivity index (χ1v) is 11.2. The van der Waals surface area contributed by atoms with Gasteiger partial charge in [-0.15, -0.1) is 12.4 Å². The van der Waals surface area contributed by atoms with Crippen LogP contribution in [-0.4, -0.2) is 29.3 Å². The van der Waals surface area contributed by atoms with Gasteiger partial charge in [-0.3, -0.25) is 4.79 Å². The summed E-state index contributed by atoms with van der Waals surface area (Å²) in [6, 6.07) is 18.1. The van der Waals surface area contributed by atoms with Crippen LogP contribution < -0.4 is 15.4 Å². The van der Waals surface area contributed by atoms with Gasteiger partial charge in [0.25, 0.3) is 5.91 Å². The maximum atomic E-state index is 13.0. The second-order valence-electron chi connectivity index (χ2n) is 8.67. The van der Waals surface area contributed by atoms with Crippen LogP contribution in [0, 0.1) is 5.82 Å². The lowest BCUT2D eigenvalue weighted by Crippen LogP contribution is -2.52. The summed E-state index contributed by atoms with van der Waals surface area (Å²) in [5.41, 5.74) is 2.27. The van der Waals surface area contributed by atoms with Crippen LogP contribution in [-0.2, 0) is 6.42 Å². The predicted octanol–water partition coefficient (Wildman–Crippen LogP) is 5.56. The molecule has 180 valence electrons. The fourth-order valence-electron chi connectivity index (χ4n) is 3.92. The van der Waals surface area contributed by atoms with Crippen molar-refractivity contribution >= 4 is 35.6 Å². The van der Waals surface area contributed by atoms with Crippen molar-refractivity contribution in [1.29, 1.82) is 0 Å². The van der Waals surface area contributed by atoms with Gasteiger partial charge in [0.2, 0.25) is 0 Å². The van der Waals surface area contributed by atoms with E-state index in [9.17, 15) is 14.3 Å². The van der Waals surface area contributed by atoms with Crippen LogP contribution in [0.3, 0.4) is 0 Å². The molecule has 2 atom stereocenters. The Morgan fingerprint density at radius 2 is 1.76 bits per heavy atom. The molecular formula is C26H27Cl2FN2O3. The average molecular weight is 505 g/mol. The number of hydrogen-bond donors (Lipinski definition) is 3. The molecule has 0 fully saturated rings. The maximum absolute atomic E-state index is 13.0. The van der Waals surface area contributed by atoms with E-state index >= 15 is 0 Å². The van der Waals surface area contributed by atoms with E-state index < -0.39 is 11.7 Å². The molecule has 1 heterocycles. The Bertz CT molecular complexity index is 1140. The van der Waals surface area contributed by atoms with Gasteiger partial charge in [-0.1, -0.05) is 29.8 Å². The molecule has 0 spiro atoms. The number of nitrogens with one attached hydrogen (secondary N) is 2. The zero-order chi connectivity index (χ0) is 23.6. The number of fused-ring (bicyclic) bond motifs is 1. The lowest BCUT2D eigenvalue weighted by Gasteiger charge is -2.42. The minimum atomic E-state index is -0.750. The third-order valence-corrected chi connectivity index (χ3v) is 6.04. The molecule has 0 aliphatic carbocycles. The Labute approximate surface area is 209 Å². The second kappa shape index (κ2) is 10.7. The highest BCUT2D eigenvalue weighted by Gasteiger charge is 2.42. The van der Waals surface area contributed by atoms with Crippen LogP contribution in [0.2, 0.25) is 5.02 Å². The van der Waals surface area contributed by atoms with Crippen molar-refractivity contribution in [2.75, 3.05) is 11.9 Å². The first kappa shape index (κ1) is 26.0. The maximum Gasteiger partial charge on any atom is 0.255 e. The minimum absolute atomic E-state index is 0. The molecule has 3 aromatic carbocycles.